The number of nitrogens with one attached hydrogen (secondary N) is 1. The topological polar surface area (TPSA) is 49.4 Å². The minimum atomic E-state index is -0.125. The molecule has 1 aliphatic heterocycles. The van der Waals surface area contributed by atoms with Gasteiger partial charge in [-0.15, -0.1) is 0 Å². The predicted molar refractivity (Wildman–Crippen MR) is 106 cm³/mol. The number of hydrogen-bond acceptors (Lipinski definition) is 2. The van der Waals surface area contributed by atoms with Crippen molar-refractivity contribution in [1.29, 1.82) is 0 Å². The Labute approximate surface area is 155 Å². The fraction of sp³-hybridized carbons (Fsp3) is 0.364. The molecule has 26 heavy (non-hydrogen) atoms. The van der Waals surface area contributed by atoms with E-state index in [4.69, 9.17) is 0 Å². The highest BCUT2D eigenvalue weighted by atomic mass is 16.2. The largest absolute Gasteiger partial charge is 0.322 e. The normalized spacial score (nSPS) is 13.5. The lowest BCUT2D eigenvalue weighted by molar-refractivity contribution is -0.121. The van der Waals surface area contributed by atoms with Crippen molar-refractivity contribution in [3.05, 3.63) is 58.7 Å². The van der Waals surface area contributed by atoms with Crippen molar-refractivity contribution in [2.45, 2.75) is 40.5 Å². The molecule has 1 aliphatic rings. The summed E-state index contributed by atoms with van der Waals surface area (Å²) in [6, 6.07) is 11.7. The molecule has 0 unspecified atom stereocenters. The Kier molecular flexibility index (Phi) is 5.12. The van der Waals surface area contributed by atoms with Crippen molar-refractivity contribution in [2.24, 2.45) is 5.92 Å². The van der Waals surface area contributed by atoms with Crippen molar-refractivity contribution in [2.75, 3.05) is 16.8 Å². The van der Waals surface area contributed by atoms with Gasteiger partial charge in [-0.1, -0.05) is 37.6 Å². The molecule has 0 saturated heterocycles. The van der Waals surface area contributed by atoms with Crippen molar-refractivity contribution < 1.29 is 9.59 Å². The fourth-order valence-corrected chi connectivity index (χ4v) is 3.46. The van der Waals surface area contributed by atoms with Crippen LogP contribution in [-0.2, 0) is 11.2 Å². The minimum absolute atomic E-state index is 0.0468. The Morgan fingerprint density at radius 2 is 1.85 bits per heavy atom. The third-order valence-electron chi connectivity index (χ3n) is 4.85. The van der Waals surface area contributed by atoms with Crippen LogP contribution >= 0.6 is 0 Å². The van der Waals surface area contributed by atoms with Crippen molar-refractivity contribution in [1.82, 2.24) is 0 Å². The molecule has 0 atom stereocenters. The van der Waals surface area contributed by atoms with Crippen LogP contribution in [0.4, 0.5) is 11.4 Å². The Bertz CT molecular complexity index is 855. The van der Waals surface area contributed by atoms with E-state index < -0.39 is 0 Å². The molecule has 1 N–H and O–H groups in total. The standard InChI is InChI=1S/C22H26N2O2/c1-14(2)22(26)24-11-5-6-17-8-9-18(13-20(17)24)23-21(25)19-10-7-15(3)12-16(19)4/h7-10,12-14H,5-6,11H2,1-4H3,(H,23,25). The maximum absolute atomic E-state index is 12.6. The predicted octanol–water partition coefficient (Wildman–Crippen LogP) is 4.49. The summed E-state index contributed by atoms with van der Waals surface area (Å²) in [6.07, 6.45) is 1.93. The first-order chi connectivity index (χ1) is 12.4. The first-order valence-corrected chi connectivity index (χ1v) is 9.19. The Balaban J connectivity index is 1.87. The average molecular weight is 350 g/mol. The van der Waals surface area contributed by atoms with Crippen LogP contribution in [0.5, 0.6) is 0 Å². The second-order valence-corrected chi connectivity index (χ2v) is 7.36. The first-order valence-electron chi connectivity index (χ1n) is 9.19. The molecule has 0 saturated carbocycles. The third kappa shape index (κ3) is 3.64. The Morgan fingerprint density at radius 3 is 2.54 bits per heavy atom. The van der Waals surface area contributed by atoms with Gasteiger partial charge in [-0.05, 0) is 56.0 Å². The maximum Gasteiger partial charge on any atom is 0.255 e. The summed E-state index contributed by atoms with van der Waals surface area (Å²) in [7, 11) is 0. The van der Waals surface area contributed by atoms with E-state index in [1.807, 2.05) is 69.0 Å². The van der Waals surface area contributed by atoms with Gasteiger partial charge in [-0.25, -0.2) is 0 Å². The van der Waals surface area contributed by atoms with E-state index >= 15 is 0 Å². The first kappa shape index (κ1) is 18.2. The molecule has 0 aromatic heterocycles. The van der Waals surface area contributed by atoms with Crippen LogP contribution in [-0.4, -0.2) is 18.4 Å². The number of carbonyl (C=O) groups excluding carboxylic acids is 2. The fourth-order valence-electron chi connectivity index (χ4n) is 3.46. The molecule has 2 aromatic rings. The van der Waals surface area contributed by atoms with Gasteiger partial charge in [0.25, 0.3) is 5.91 Å². The number of fused-ring (bicyclic) bond motifs is 1. The number of nitrogens with zero attached hydrogens (tertiary/aromatic N) is 1. The van der Waals surface area contributed by atoms with Crippen molar-refractivity contribution in [3.63, 3.8) is 0 Å². The molecule has 0 aliphatic carbocycles. The van der Waals surface area contributed by atoms with Crippen molar-refractivity contribution in [3.8, 4) is 0 Å². The van der Waals surface area contributed by atoms with Gasteiger partial charge in [0.2, 0.25) is 5.91 Å². The van der Waals surface area contributed by atoms with Gasteiger partial charge >= 0.3 is 0 Å². The molecule has 0 fully saturated rings. The number of benzene rings is 2. The highest BCUT2D eigenvalue weighted by molar-refractivity contribution is 6.06. The molecule has 4 nitrogen and oxygen atoms in total. The maximum atomic E-state index is 12.6. The quantitative estimate of drug-likeness (QED) is 0.886. The summed E-state index contributed by atoms with van der Waals surface area (Å²) >= 11 is 0. The van der Waals surface area contributed by atoms with Crippen molar-refractivity contribution >= 4 is 23.2 Å². The summed E-state index contributed by atoms with van der Waals surface area (Å²) in [5.41, 5.74) is 5.57. The molecule has 2 aromatic carbocycles. The average Bonchev–Trinajstić information content (AvgIpc) is 2.60. The zero-order valence-electron chi connectivity index (χ0n) is 15.9. The summed E-state index contributed by atoms with van der Waals surface area (Å²) in [6.45, 7) is 8.53. The van der Waals surface area contributed by atoms with E-state index in [1.165, 1.54) is 0 Å². The van der Waals surface area contributed by atoms with Gasteiger partial charge in [-0.2, -0.15) is 0 Å². The summed E-state index contributed by atoms with van der Waals surface area (Å²) in [4.78, 5) is 27.0. The second kappa shape index (κ2) is 7.32. The van der Waals surface area contributed by atoms with Crippen LogP contribution < -0.4 is 10.2 Å². The summed E-state index contributed by atoms with van der Waals surface area (Å²) in [5, 5.41) is 2.98. The van der Waals surface area contributed by atoms with Gasteiger partial charge in [0.1, 0.15) is 0 Å². The third-order valence-corrected chi connectivity index (χ3v) is 4.85. The number of hydrogen-bond donors (Lipinski definition) is 1. The van der Waals surface area contributed by atoms with Crippen LogP contribution in [0, 0.1) is 19.8 Å². The van der Waals surface area contributed by atoms with E-state index in [2.05, 4.69) is 5.32 Å². The van der Waals surface area contributed by atoms with Gasteiger partial charge < -0.3 is 10.2 Å². The highest BCUT2D eigenvalue weighted by Gasteiger charge is 2.24. The molecular weight excluding hydrogens is 324 g/mol. The van der Waals surface area contributed by atoms with E-state index in [-0.39, 0.29) is 17.7 Å². The van der Waals surface area contributed by atoms with Crippen LogP contribution in [0.3, 0.4) is 0 Å². The number of aryl methyl sites for hydroxylation is 3. The molecule has 0 spiro atoms. The Hall–Kier alpha value is -2.62. The van der Waals surface area contributed by atoms with E-state index in [0.717, 1.165) is 47.5 Å². The molecule has 0 bridgehead atoms. The van der Waals surface area contributed by atoms with Gasteiger partial charge in [0, 0.05) is 29.4 Å². The minimum Gasteiger partial charge on any atom is -0.322 e. The zero-order valence-corrected chi connectivity index (χ0v) is 15.9. The molecular formula is C22H26N2O2. The Morgan fingerprint density at radius 1 is 1.08 bits per heavy atom. The van der Waals surface area contributed by atoms with Gasteiger partial charge in [0.05, 0.1) is 0 Å². The van der Waals surface area contributed by atoms with Crippen LogP contribution in [0.15, 0.2) is 36.4 Å². The summed E-state index contributed by atoms with van der Waals surface area (Å²) in [5.74, 6) is -0.0433. The molecule has 136 valence electrons. The molecule has 1 heterocycles. The number of rotatable bonds is 3. The SMILES string of the molecule is Cc1ccc(C(=O)Nc2ccc3c(c2)N(C(=O)C(C)C)CCC3)c(C)c1. The molecule has 0 radical (unpaired) electrons. The van der Waals surface area contributed by atoms with Gasteiger partial charge in [0.15, 0.2) is 0 Å². The van der Waals surface area contributed by atoms with Gasteiger partial charge in [-0.3, -0.25) is 9.59 Å². The smallest absolute Gasteiger partial charge is 0.255 e. The second-order valence-electron chi connectivity index (χ2n) is 7.36. The lowest BCUT2D eigenvalue weighted by Crippen LogP contribution is -2.38. The number of anilines is 2. The molecule has 2 amide bonds. The van der Waals surface area contributed by atoms with Crippen LogP contribution in [0.1, 0.15) is 47.3 Å². The van der Waals surface area contributed by atoms with E-state index in [1.54, 1.807) is 0 Å². The van der Waals surface area contributed by atoms with E-state index in [0.29, 0.717) is 5.56 Å². The molecule has 3 rings (SSSR count). The van der Waals surface area contributed by atoms with E-state index in [9.17, 15) is 9.59 Å². The number of carbonyl (C=O) groups is 2. The highest BCUT2D eigenvalue weighted by Crippen LogP contribution is 2.31. The number of amides is 2. The van der Waals surface area contributed by atoms with Crippen LogP contribution in [0.25, 0.3) is 0 Å². The molecule has 4 heteroatoms. The lowest BCUT2D eigenvalue weighted by Gasteiger charge is -2.31. The van der Waals surface area contributed by atoms with Crippen LogP contribution in [0.2, 0.25) is 0 Å². The zero-order chi connectivity index (χ0) is 18.8. The summed E-state index contributed by atoms with van der Waals surface area (Å²) < 4.78 is 0. The lowest BCUT2D eigenvalue weighted by atomic mass is 9.99. The monoisotopic (exact) mass is 350 g/mol.